The summed E-state index contributed by atoms with van der Waals surface area (Å²) in [6.07, 6.45) is 0. The van der Waals surface area contributed by atoms with E-state index >= 15 is 0 Å². The molecule has 5 nitrogen and oxygen atoms in total. The zero-order chi connectivity index (χ0) is 20.9. The zero-order valence-electron chi connectivity index (χ0n) is 16.0. The number of nitrogens with zero attached hydrogens (tertiary/aromatic N) is 1. The van der Waals surface area contributed by atoms with Gasteiger partial charge in [-0.25, -0.2) is 0 Å². The van der Waals surface area contributed by atoms with Crippen LogP contribution >= 0.6 is 24.0 Å². The van der Waals surface area contributed by atoms with Crippen LogP contribution in [-0.2, 0) is 0 Å². The zero-order valence-corrected chi connectivity index (χ0v) is 17.6. The maximum Gasteiger partial charge on any atom is 0.261 e. The van der Waals surface area contributed by atoms with Gasteiger partial charge in [-0.1, -0.05) is 36.4 Å². The summed E-state index contributed by atoms with van der Waals surface area (Å²) in [5.41, 5.74) is 2.76. The number of hydrogen-bond acceptors (Lipinski definition) is 4. The summed E-state index contributed by atoms with van der Waals surface area (Å²) >= 11 is 6.96. The molecule has 2 N–H and O–H groups in total. The third kappa shape index (κ3) is 4.53. The molecule has 0 aliphatic carbocycles. The van der Waals surface area contributed by atoms with Crippen LogP contribution in [0.4, 0.5) is 11.4 Å². The average Bonchev–Trinajstić information content (AvgIpc) is 3.00. The average molecular weight is 434 g/mol. The summed E-state index contributed by atoms with van der Waals surface area (Å²) in [5.74, 6) is 0.176. The Balaban J connectivity index is 1.31. The molecule has 3 aromatic rings. The van der Waals surface area contributed by atoms with Crippen LogP contribution in [0.15, 0.2) is 83.8 Å². The summed E-state index contributed by atoms with van der Waals surface area (Å²) in [7, 11) is 0. The number of fused-ring (bicyclic) bond motifs is 1. The normalized spacial score (nSPS) is 12.6. The first-order chi connectivity index (χ1) is 14.6. The van der Waals surface area contributed by atoms with Crippen LogP contribution in [0.1, 0.15) is 20.7 Å². The number of nitrogens with one attached hydrogen (secondary N) is 2. The quantitative estimate of drug-likeness (QED) is 0.328. The van der Waals surface area contributed by atoms with Crippen molar-refractivity contribution >= 4 is 52.3 Å². The maximum atomic E-state index is 12.4. The SMILES string of the molecule is O=C1c2ccccc2C(=O)N1CCSc1cccc(NC(=S)Nc2ccccc2)c1. The van der Waals surface area contributed by atoms with Crippen molar-refractivity contribution in [1.29, 1.82) is 0 Å². The smallest absolute Gasteiger partial charge is 0.261 e. The first-order valence-corrected chi connectivity index (χ1v) is 10.8. The van der Waals surface area contributed by atoms with Gasteiger partial charge in [-0.2, -0.15) is 0 Å². The molecule has 2 amide bonds. The van der Waals surface area contributed by atoms with E-state index in [0.717, 1.165) is 16.3 Å². The Hall–Kier alpha value is -3.16. The van der Waals surface area contributed by atoms with Gasteiger partial charge in [-0.05, 0) is 54.7 Å². The Bertz CT molecular complexity index is 1070. The van der Waals surface area contributed by atoms with E-state index in [1.54, 1.807) is 36.0 Å². The van der Waals surface area contributed by atoms with E-state index < -0.39 is 0 Å². The molecule has 3 aromatic carbocycles. The molecule has 0 aromatic heterocycles. The topological polar surface area (TPSA) is 61.4 Å². The second-order valence-electron chi connectivity index (χ2n) is 6.63. The van der Waals surface area contributed by atoms with Crippen molar-refractivity contribution in [3.8, 4) is 0 Å². The van der Waals surface area contributed by atoms with Gasteiger partial charge in [0.15, 0.2) is 5.11 Å². The van der Waals surface area contributed by atoms with Crippen molar-refractivity contribution in [2.24, 2.45) is 0 Å². The molecular formula is C23H19N3O2S2. The first kappa shape index (κ1) is 20.1. The van der Waals surface area contributed by atoms with E-state index in [0.29, 0.717) is 28.5 Å². The number of hydrogen-bond donors (Lipinski definition) is 2. The predicted octanol–water partition coefficient (Wildman–Crippen LogP) is 4.88. The van der Waals surface area contributed by atoms with Crippen molar-refractivity contribution in [1.82, 2.24) is 4.90 Å². The Labute approximate surface area is 184 Å². The fourth-order valence-corrected chi connectivity index (χ4v) is 4.31. The number of anilines is 2. The molecule has 1 heterocycles. The number of carbonyl (C=O) groups excluding carboxylic acids is 2. The molecule has 7 heteroatoms. The summed E-state index contributed by atoms with van der Waals surface area (Å²) in [6, 6.07) is 24.5. The Morgan fingerprint density at radius 1 is 0.800 bits per heavy atom. The van der Waals surface area contributed by atoms with E-state index in [1.165, 1.54) is 4.90 Å². The molecule has 30 heavy (non-hydrogen) atoms. The van der Waals surface area contributed by atoms with Crippen LogP contribution in [-0.4, -0.2) is 34.1 Å². The molecule has 0 fully saturated rings. The van der Waals surface area contributed by atoms with Gasteiger partial charge in [0.1, 0.15) is 0 Å². The molecule has 0 bridgehead atoms. The Kier molecular flexibility index (Phi) is 6.11. The minimum absolute atomic E-state index is 0.219. The molecule has 0 unspecified atom stereocenters. The minimum Gasteiger partial charge on any atom is -0.332 e. The lowest BCUT2D eigenvalue weighted by atomic mass is 10.1. The molecule has 0 saturated heterocycles. The molecule has 150 valence electrons. The summed E-state index contributed by atoms with van der Waals surface area (Å²) in [6.45, 7) is 0.364. The van der Waals surface area contributed by atoms with E-state index in [2.05, 4.69) is 10.6 Å². The van der Waals surface area contributed by atoms with Crippen LogP contribution < -0.4 is 10.6 Å². The van der Waals surface area contributed by atoms with Gasteiger partial charge in [0.05, 0.1) is 11.1 Å². The second-order valence-corrected chi connectivity index (χ2v) is 8.21. The number of imide groups is 1. The molecular weight excluding hydrogens is 414 g/mol. The van der Waals surface area contributed by atoms with Crippen LogP contribution in [0.2, 0.25) is 0 Å². The van der Waals surface area contributed by atoms with E-state index in [1.807, 2.05) is 54.6 Å². The van der Waals surface area contributed by atoms with Gasteiger partial charge >= 0.3 is 0 Å². The number of para-hydroxylation sites is 1. The van der Waals surface area contributed by atoms with Crippen LogP contribution in [0.3, 0.4) is 0 Å². The number of thioether (sulfide) groups is 1. The lowest BCUT2D eigenvalue weighted by molar-refractivity contribution is 0.0664. The third-order valence-corrected chi connectivity index (χ3v) is 5.76. The molecule has 0 spiro atoms. The summed E-state index contributed by atoms with van der Waals surface area (Å²) < 4.78 is 0. The number of carbonyl (C=O) groups is 2. The fraction of sp³-hybridized carbons (Fsp3) is 0.0870. The Morgan fingerprint density at radius 2 is 1.40 bits per heavy atom. The largest absolute Gasteiger partial charge is 0.332 e. The van der Waals surface area contributed by atoms with Crippen molar-refractivity contribution in [2.45, 2.75) is 4.90 Å². The lowest BCUT2D eigenvalue weighted by Gasteiger charge is -2.14. The third-order valence-electron chi connectivity index (χ3n) is 4.59. The summed E-state index contributed by atoms with van der Waals surface area (Å²) in [4.78, 5) is 27.2. The molecule has 0 saturated carbocycles. The van der Waals surface area contributed by atoms with Gasteiger partial charge in [0, 0.05) is 28.6 Å². The van der Waals surface area contributed by atoms with Crippen LogP contribution in [0, 0.1) is 0 Å². The van der Waals surface area contributed by atoms with Crippen molar-refractivity contribution in [3.05, 3.63) is 90.0 Å². The van der Waals surface area contributed by atoms with Gasteiger partial charge in [0.2, 0.25) is 0 Å². The van der Waals surface area contributed by atoms with Crippen molar-refractivity contribution < 1.29 is 9.59 Å². The molecule has 0 atom stereocenters. The van der Waals surface area contributed by atoms with Crippen LogP contribution in [0.25, 0.3) is 0 Å². The van der Waals surface area contributed by atoms with E-state index in [9.17, 15) is 9.59 Å². The second kappa shape index (κ2) is 9.11. The number of amides is 2. The first-order valence-electron chi connectivity index (χ1n) is 9.43. The van der Waals surface area contributed by atoms with Crippen molar-refractivity contribution in [3.63, 3.8) is 0 Å². The molecule has 1 aliphatic rings. The molecule has 4 rings (SSSR count). The van der Waals surface area contributed by atoms with E-state index in [4.69, 9.17) is 12.2 Å². The van der Waals surface area contributed by atoms with E-state index in [-0.39, 0.29) is 11.8 Å². The monoisotopic (exact) mass is 433 g/mol. The number of thiocarbonyl (C=S) groups is 1. The van der Waals surface area contributed by atoms with Crippen molar-refractivity contribution in [2.75, 3.05) is 22.9 Å². The number of benzene rings is 3. The van der Waals surface area contributed by atoms with Crippen LogP contribution in [0.5, 0.6) is 0 Å². The lowest BCUT2D eigenvalue weighted by Crippen LogP contribution is -2.31. The standard InChI is InChI=1S/C23H19N3O2S2/c27-21-19-11-4-5-12-20(19)22(28)26(21)13-14-30-18-10-6-9-17(15-18)25-23(29)24-16-7-2-1-3-8-16/h1-12,15H,13-14H2,(H2,24,25,29). The summed E-state index contributed by atoms with van der Waals surface area (Å²) in [5, 5.41) is 6.83. The highest BCUT2D eigenvalue weighted by Crippen LogP contribution is 2.25. The molecule has 1 aliphatic heterocycles. The minimum atomic E-state index is -0.219. The van der Waals surface area contributed by atoms with Gasteiger partial charge in [-0.15, -0.1) is 11.8 Å². The highest BCUT2D eigenvalue weighted by molar-refractivity contribution is 7.99. The number of rotatable bonds is 6. The van der Waals surface area contributed by atoms with Gasteiger partial charge in [0.25, 0.3) is 11.8 Å². The Morgan fingerprint density at radius 3 is 2.10 bits per heavy atom. The molecule has 0 radical (unpaired) electrons. The van der Waals surface area contributed by atoms with Gasteiger partial charge < -0.3 is 10.6 Å². The van der Waals surface area contributed by atoms with Gasteiger partial charge in [-0.3, -0.25) is 14.5 Å². The maximum absolute atomic E-state index is 12.4. The highest BCUT2D eigenvalue weighted by atomic mass is 32.2. The highest BCUT2D eigenvalue weighted by Gasteiger charge is 2.34. The fourth-order valence-electron chi connectivity index (χ4n) is 3.18. The predicted molar refractivity (Wildman–Crippen MR) is 125 cm³/mol.